The van der Waals surface area contributed by atoms with Crippen LogP contribution in [0, 0.1) is 13.8 Å². The quantitative estimate of drug-likeness (QED) is 0.525. The molecule has 0 N–H and O–H groups in total. The van der Waals surface area contributed by atoms with Crippen molar-refractivity contribution in [3.8, 4) is 5.75 Å². The number of hydrogen-bond acceptors (Lipinski definition) is 5. The Morgan fingerprint density at radius 1 is 1.25 bits per heavy atom. The van der Waals surface area contributed by atoms with Crippen molar-refractivity contribution in [2.45, 2.75) is 33.2 Å². The summed E-state index contributed by atoms with van der Waals surface area (Å²) in [6.07, 6.45) is 2.28. The fourth-order valence-electron chi connectivity index (χ4n) is 4.14. The average Bonchev–Trinajstić information content (AvgIpc) is 3.48. The molecule has 7 heteroatoms. The Kier molecular flexibility index (Phi) is 6.65. The van der Waals surface area contributed by atoms with Crippen LogP contribution >= 0.6 is 11.3 Å². The lowest BCUT2D eigenvalue weighted by atomic mass is 10.00. The highest BCUT2D eigenvalue weighted by Crippen LogP contribution is 2.34. The van der Waals surface area contributed by atoms with Crippen LogP contribution in [-0.4, -0.2) is 47.9 Å². The maximum atomic E-state index is 13.4. The maximum absolute atomic E-state index is 13.4. The summed E-state index contributed by atoms with van der Waals surface area (Å²) in [5, 5.41) is 2.07. The van der Waals surface area contributed by atoms with Gasteiger partial charge in [0.25, 0.3) is 5.91 Å². The monoisotopic (exact) mass is 452 g/mol. The lowest BCUT2D eigenvalue weighted by molar-refractivity contribution is -0.135. The summed E-state index contributed by atoms with van der Waals surface area (Å²) in [6.45, 7) is 7.36. The van der Waals surface area contributed by atoms with Crippen LogP contribution in [0.3, 0.4) is 0 Å². The summed E-state index contributed by atoms with van der Waals surface area (Å²) in [6, 6.07) is 11.3. The molecule has 0 bridgehead atoms. The van der Waals surface area contributed by atoms with Crippen LogP contribution in [0.5, 0.6) is 5.75 Å². The molecule has 3 aromatic rings. The van der Waals surface area contributed by atoms with Crippen LogP contribution in [-0.2, 0) is 11.2 Å². The van der Waals surface area contributed by atoms with E-state index in [0.717, 1.165) is 23.3 Å². The molecule has 0 saturated carbocycles. The molecule has 168 valence electrons. The molecule has 0 radical (unpaired) electrons. The second kappa shape index (κ2) is 9.61. The Bertz CT molecular complexity index is 1090. The number of hydrogen-bond donors (Lipinski definition) is 0. The average molecular weight is 453 g/mol. The van der Waals surface area contributed by atoms with Crippen molar-refractivity contribution in [3.63, 3.8) is 0 Å². The predicted octanol–water partition coefficient (Wildman–Crippen LogP) is 4.63. The van der Waals surface area contributed by atoms with Crippen molar-refractivity contribution in [3.05, 3.63) is 75.4 Å². The van der Waals surface area contributed by atoms with E-state index in [1.165, 1.54) is 21.6 Å². The van der Waals surface area contributed by atoms with Gasteiger partial charge in [0, 0.05) is 18.0 Å². The molecular weight excluding hydrogens is 424 g/mol. The van der Waals surface area contributed by atoms with E-state index in [9.17, 15) is 9.59 Å². The maximum Gasteiger partial charge on any atom is 0.290 e. The summed E-state index contributed by atoms with van der Waals surface area (Å²) < 4.78 is 11.4. The van der Waals surface area contributed by atoms with Crippen molar-refractivity contribution >= 4 is 23.2 Å². The second-order valence-corrected chi connectivity index (χ2v) is 9.03. The van der Waals surface area contributed by atoms with Crippen LogP contribution < -0.4 is 4.74 Å². The lowest BCUT2D eigenvalue weighted by Crippen LogP contribution is -2.47. The molecule has 0 saturated heterocycles. The van der Waals surface area contributed by atoms with Gasteiger partial charge in [0.15, 0.2) is 5.76 Å². The van der Waals surface area contributed by atoms with Crippen LogP contribution in [0.2, 0.25) is 0 Å². The Balaban J connectivity index is 1.51. The molecule has 2 aromatic heterocycles. The molecule has 0 unspecified atom stereocenters. The van der Waals surface area contributed by atoms with Gasteiger partial charge < -0.3 is 19.0 Å². The fourth-order valence-corrected chi connectivity index (χ4v) is 5.07. The second-order valence-electron chi connectivity index (χ2n) is 8.03. The number of thiophene rings is 1. The number of furan rings is 1. The van der Waals surface area contributed by atoms with Crippen LogP contribution in [0.4, 0.5) is 0 Å². The molecule has 3 heterocycles. The number of aryl methyl sites for hydroxylation is 2. The molecule has 1 aliphatic rings. The topological polar surface area (TPSA) is 63.0 Å². The number of ether oxygens (including phenoxy) is 1. The lowest BCUT2D eigenvalue weighted by Gasteiger charge is -2.37. The van der Waals surface area contributed by atoms with Crippen molar-refractivity contribution in [2.75, 3.05) is 26.2 Å². The molecule has 0 fully saturated rings. The molecular formula is C25H28N2O4S. The fraction of sp³-hybridized carbons (Fsp3) is 0.360. The van der Waals surface area contributed by atoms with Crippen LogP contribution in [0.25, 0.3) is 0 Å². The van der Waals surface area contributed by atoms with Crippen LogP contribution in [0.1, 0.15) is 45.1 Å². The van der Waals surface area contributed by atoms with E-state index in [1.54, 1.807) is 23.5 Å². The predicted molar refractivity (Wildman–Crippen MR) is 124 cm³/mol. The first-order valence-corrected chi connectivity index (χ1v) is 11.7. The van der Waals surface area contributed by atoms with Crippen molar-refractivity contribution < 1.29 is 18.7 Å². The van der Waals surface area contributed by atoms with Gasteiger partial charge in [-0.3, -0.25) is 9.59 Å². The number of fused-ring (bicyclic) bond motifs is 1. The zero-order chi connectivity index (χ0) is 22.7. The molecule has 32 heavy (non-hydrogen) atoms. The number of carbonyl (C=O) groups excluding carboxylic acids is 2. The number of rotatable bonds is 7. The minimum atomic E-state index is -0.276. The molecule has 0 aliphatic carbocycles. The van der Waals surface area contributed by atoms with E-state index in [2.05, 4.69) is 24.4 Å². The molecule has 4 rings (SSSR count). The van der Waals surface area contributed by atoms with E-state index in [4.69, 9.17) is 9.15 Å². The highest BCUT2D eigenvalue weighted by atomic mass is 32.1. The van der Waals surface area contributed by atoms with Gasteiger partial charge >= 0.3 is 0 Å². The first-order chi connectivity index (χ1) is 15.5. The van der Waals surface area contributed by atoms with E-state index < -0.39 is 0 Å². The third-order valence-corrected chi connectivity index (χ3v) is 6.87. The Morgan fingerprint density at radius 2 is 2.09 bits per heavy atom. The van der Waals surface area contributed by atoms with Gasteiger partial charge in [-0.05, 0) is 68.0 Å². The van der Waals surface area contributed by atoms with E-state index in [-0.39, 0.29) is 30.2 Å². The highest BCUT2D eigenvalue weighted by molar-refractivity contribution is 7.10. The number of nitrogens with zero attached hydrogens (tertiary/aromatic N) is 2. The minimum Gasteiger partial charge on any atom is -0.491 e. The number of benzene rings is 1. The zero-order valence-corrected chi connectivity index (χ0v) is 19.5. The third-order valence-electron chi connectivity index (χ3n) is 5.87. The molecule has 1 aliphatic heterocycles. The Morgan fingerprint density at radius 3 is 2.81 bits per heavy atom. The zero-order valence-electron chi connectivity index (χ0n) is 18.7. The molecule has 2 amide bonds. The van der Waals surface area contributed by atoms with Gasteiger partial charge in [0.1, 0.15) is 18.9 Å². The Labute approximate surface area is 192 Å². The van der Waals surface area contributed by atoms with Crippen molar-refractivity contribution in [1.82, 2.24) is 9.80 Å². The number of amides is 2. The van der Waals surface area contributed by atoms with E-state index in [1.807, 2.05) is 30.9 Å². The molecule has 1 aromatic carbocycles. The number of likely N-dealkylation sites (N-methyl/N-ethyl adjacent to an activating group) is 1. The Hall–Kier alpha value is -3.06. The number of carbonyl (C=O) groups is 2. The van der Waals surface area contributed by atoms with E-state index in [0.29, 0.717) is 19.7 Å². The highest BCUT2D eigenvalue weighted by Gasteiger charge is 2.33. The normalized spacial score (nSPS) is 15.3. The van der Waals surface area contributed by atoms with Gasteiger partial charge in [-0.15, -0.1) is 11.3 Å². The largest absolute Gasteiger partial charge is 0.491 e. The first kappa shape index (κ1) is 22.1. The summed E-state index contributed by atoms with van der Waals surface area (Å²) in [5.41, 5.74) is 3.40. The third kappa shape index (κ3) is 4.58. The van der Waals surface area contributed by atoms with Crippen molar-refractivity contribution in [2.24, 2.45) is 0 Å². The summed E-state index contributed by atoms with van der Waals surface area (Å²) in [4.78, 5) is 30.7. The smallest absolute Gasteiger partial charge is 0.290 e. The van der Waals surface area contributed by atoms with E-state index >= 15 is 0 Å². The summed E-state index contributed by atoms with van der Waals surface area (Å²) in [7, 11) is 0. The van der Waals surface area contributed by atoms with Crippen molar-refractivity contribution in [1.29, 1.82) is 0 Å². The summed E-state index contributed by atoms with van der Waals surface area (Å²) >= 11 is 1.72. The molecule has 0 spiro atoms. The summed E-state index contributed by atoms with van der Waals surface area (Å²) in [5.74, 6) is 0.710. The van der Waals surface area contributed by atoms with Gasteiger partial charge in [0.05, 0.1) is 12.3 Å². The van der Waals surface area contributed by atoms with Gasteiger partial charge in [0.2, 0.25) is 5.91 Å². The standard InChI is InChI=1S/C25H28N2O4S/c1-4-26(25(29)22-6-5-12-30-22)15-24(28)27-11-9-23-19(10-13-32-23)20(27)16-31-21-8-7-17(2)14-18(21)3/h5-8,10,12-14,20H,4,9,11,15-16H2,1-3H3/t20-/m1/s1. The van der Waals surface area contributed by atoms with Gasteiger partial charge in [-0.2, -0.15) is 0 Å². The minimum absolute atomic E-state index is 0.00949. The molecule has 6 nitrogen and oxygen atoms in total. The van der Waals surface area contributed by atoms with Gasteiger partial charge in [-0.1, -0.05) is 17.7 Å². The first-order valence-electron chi connectivity index (χ1n) is 10.9. The SMILES string of the molecule is CCN(CC(=O)N1CCc2sccc2[C@H]1COc1ccc(C)cc1C)C(=O)c1ccco1. The van der Waals surface area contributed by atoms with Gasteiger partial charge in [-0.25, -0.2) is 0 Å². The van der Waals surface area contributed by atoms with Crippen LogP contribution in [0.15, 0.2) is 52.5 Å². The molecule has 1 atom stereocenters.